The molecule has 0 saturated heterocycles. The predicted octanol–water partition coefficient (Wildman–Crippen LogP) is 3.94. The van der Waals surface area contributed by atoms with E-state index in [0.717, 1.165) is 5.56 Å². The van der Waals surface area contributed by atoms with Gasteiger partial charge in [-0.2, -0.15) is 0 Å². The largest absolute Gasteiger partial charge is 0.322 e. The summed E-state index contributed by atoms with van der Waals surface area (Å²) < 4.78 is 14.4. The molecule has 1 amide bonds. The lowest BCUT2D eigenvalue weighted by Gasteiger charge is -2.09. The summed E-state index contributed by atoms with van der Waals surface area (Å²) in [5.74, 6) is -0.940. The first-order valence-electron chi connectivity index (χ1n) is 7.54. The molecule has 3 rings (SSSR count). The van der Waals surface area contributed by atoms with Gasteiger partial charge in [0.2, 0.25) is 0 Å². The van der Waals surface area contributed by atoms with Crippen molar-refractivity contribution in [1.29, 1.82) is 0 Å². The fourth-order valence-corrected chi connectivity index (χ4v) is 2.48. The molecule has 0 fully saturated rings. The van der Waals surface area contributed by atoms with E-state index in [1.165, 1.54) is 34.9 Å². The number of carbonyl (C=O) groups excluding carboxylic acids is 1. The first-order chi connectivity index (χ1) is 12.0. The van der Waals surface area contributed by atoms with Gasteiger partial charge in [0, 0.05) is 16.9 Å². The Labute approximate surface area is 148 Å². The van der Waals surface area contributed by atoms with Crippen LogP contribution < -0.4 is 10.9 Å². The topological polar surface area (TPSA) is 51.1 Å². The lowest BCUT2D eigenvalue weighted by atomic mass is 10.2. The Morgan fingerprint density at radius 2 is 1.72 bits per heavy atom. The summed E-state index contributed by atoms with van der Waals surface area (Å²) in [7, 11) is 0. The SMILES string of the molecule is O=C(Nc1ccc(F)cc1)c1cccn(Cc2ccc(Cl)cc2)c1=O. The Kier molecular flexibility index (Phi) is 4.95. The molecule has 1 N–H and O–H groups in total. The number of aromatic nitrogens is 1. The first kappa shape index (κ1) is 16.9. The van der Waals surface area contributed by atoms with Crippen molar-refractivity contribution in [2.24, 2.45) is 0 Å². The van der Waals surface area contributed by atoms with E-state index < -0.39 is 17.3 Å². The maximum absolute atomic E-state index is 12.9. The Morgan fingerprint density at radius 3 is 2.40 bits per heavy atom. The number of benzene rings is 2. The van der Waals surface area contributed by atoms with Gasteiger partial charge in [-0.05, 0) is 54.1 Å². The van der Waals surface area contributed by atoms with Crippen molar-refractivity contribution in [2.45, 2.75) is 6.54 Å². The molecule has 3 aromatic rings. The lowest BCUT2D eigenvalue weighted by molar-refractivity contribution is 0.102. The molecule has 0 aliphatic carbocycles. The zero-order valence-electron chi connectivity index (χ0n) is 13.1. The van der Waals surface area contributed by atoms with Crippen molar-refractivity contribution >= 4 is 23.2 Å². The average Bonchev–Trinajstić information content (AvgIpc) is 2.60. The summed E-state index contributed by atoms with van der Waals surface area (Å²) in [4.78, 5) is 24.9. The quantitative estimate of drug-likeness (QED) is 0.769. The minimum absolute atomic E-state index is 0.0146. The van der Waals surface area contributed by atoms with Crippen LogP contribution in [0.4, 0.5) is 10.1 Å². The van der Waals surface area contributed by atoms with Gasteiger partial charge in [-0.15, -0.1) is 0 Å². The van der Waals surface area contributed by atoms with Crippen LogP contribution in [0.5, 0.6) is 0 Å². The van der Waals surface area contributed by atoms with Crippen LogP contribution in [0.3, 0.4) is 0 Å². The lowest BCUT2D eigenvalue weighted by Crippen LogP contribution is -2.29. The number of hydrogen-bond donors (Lipinski definition) is 1. The molecule has 2 aromatic carbocycles. The highest BCUT2D eigenvalue weighted by Crippen LogP contribution is 2.11. The Morgan fingerprint density at radius 1 is 1.04 bits per heavy atom. The molecule has 0 aliphatic heterocycles. The fourth-order valence-electron chi connectivity index (χ4n) is 2.35. The molecule has 126 valence electrons. The van der Waals surface area contributed by atoms with E-state index in [-0.39, 0.29) is 5.56 Å². The number of nitrogens with one attached hydrogen (secondary N) is 1. The van der Waals surface area contributed by atoms with Gasteiger partial charge in [0.15, 0.2) is 0 Å². The van der Waals surface area contributed by atoms with Crippen LogP contribution in [0, 0.1) is 5.82 Å². The highest BCUT2D eigenvalue weighted by atomic mass is 35.5. The maximum Gasteiger partial charge on any atom is 0.263 e. The zero-order valence-corrected chi connectivity index (χ0v) is 13.8. The summed E-state index contributed by atoms with van der Waals surface area (Å²) in [5, 5.41) is 3.20. The van der Waals surface area contributed by atoms with Gasteiger partial charge in [0.05, 0.1) is 6.54 Å². The number of pyridine rings is 1. The Bertz CT molecular complexity index is 950. The Hall–Kier alpha value is -2.92. The predicted molar refractivity (Wildman–Crippen MR) is 95.6 cm³/mol. The first-order valence-corrected chi connectivity index (χ1v) is 7.91. The molecule has 0 aliphatic rings. The van der Waals surface area contributed by atoms with Gasteiger partial charge >= 0.3 is 0 Å². The highest BCUT2D eigenvalue weighted by molar-refractivity contribution is 6.30. The number of halogens is 2. The molecule has 25 heavy (non-hydrogen) atoms. The zero-order chi connectivity index (χ0) is 17.8. The average molecular weight is 357 g/mol. The van der Waals surface area contributed by atoms with Gasteiger partial charge in [-0.25, -0.2) is 4.39 Å². The molecule has 4 nitrogen and oxygen atoms in total. The van der Waals surface area contributed by atoms with Gasteiger partial charge in [-0.1, -0.05) is 23.7 Å². The third kappa shape index (κ3) is 4.14. The van der Waals surface area contributed by atoms with Crippen molar-refractivity contribution < 1.29 is 9.18 Å². The van der Waals surface area contributed by atoms with Gasteiger partial charge in [0.1, 0.15) is 11.4 Å². The van der Waals surface area contributed by atoms with Crippen LogP contribution >= 0.6 is 11.6 Å². The van der Waals surface area contributed by atoms with Crippen molar-refractivity contribution in [1.82, 2.24) is 4.57 Å². The van der Waals surface area contributed by atoms with Gasteiger partial charge in [0.25, 0.3) is 11.5 Å². The molecule has 1 aromatic heterocycles. The Balaban J connectivity index is 1.82. The molecule has 0 spiro atoms. The maximum atomic E-state index is 12.9. The molecular weight excluding hydrogens is 343 g/mol. The van der Waals surface area contributed by atoms with Crippen LogP contribution in [0.25, 0.3) is 0 Å². The van der Waals surface area contributed by atoms with E-state index in [0.29, 0.717) is 17.3 Å². The second-order valence-electron chi connectivity index (χ2n) is 5.44. The molecule has 1 heterocycles. The number of rotatable bonds is 4. The van der Waals surface area contributed by atoms with E-state index >= 15 is 0 Å². The van der Waals surface area contributed by atoms with E-state index in [2.05, 4.69) is 5.32 Å². The monoisotopic (exact) mass is 356 g/mol. The van der Waals surface area contributed by atoms with E-state index in [1.807, 2.05) is 12.1 Å². The van der Waals surface area contributed by atoms with Gasteiger partial charge in [-0.3, -0.25) is 9.59 Å². The number of amides is 1. The van der Waals surface area contributed by atoms with E-state index in [9.17, 15) is 14.0 Å². The standard InChI is InChI=1S/C19H14ClFN2O2/c20-14-5-3-13(4-6-14)12-23-11-1-2-17(19(23)25)18(24)22-16-9-7-15(21)8-10-16/h1-11H,12H2,(H,22,24). The molecule has 0 bridgehead atoms. The minimum Gasteiger partial charge on any atom is -0.322 e. The second-order valence-corrected chi connectivity index (χ2v) is 5.88. The number of anilines is 1. The molecule has 6 heteroatoms. The second kappa shape index (κ2) is 7.32. The van der Waals surface area contributed by atoms with E-state index in [4.69, 9.17) is 11.6 Å². The van der Waals surface area contributed by atoms with Crippen LogP contribution in [0.2, 0.25) is 5.02 Å². The molecule has 0 atom stereocenters. The minimum atomic E-state index is -0.540. The van der Waals surface area contributed by atoms with Crippen LogP contribution in [-0.4, -0.2) is 10.5 Å². The van der Waals surface area contributed by atoms with Crippen LogP contribution in [0.1, 0.15) is 15.9 Å². The van der Waals surface area contributed by atoms with Gasteiger partial charge < -0.3 is 9.88 Å². The molecule has 0 radical (unpaired) electrons. The third-order valence-corrected chi connectivity index (χ3v) is 3.89. The highest BCUT2D eigenvalue weighted by Gasteiger charge is 2.12. The summed E-state index contributed by atoms with van der Waals surface area (Å²) in [5.41, 5.74) is 0.916. The smallest absolute Gasteiger partial charge is 0.263 e. The number of carbonyl (C=O) groups is 1. The van der Waals surface area contributed by atoms with Crippen LogP contribution in [-0.2, 0) is 6.54 Å². The van der Waals surface area contributed by atoms with Crippen molar-refractivity contribution in [3.8, 4) is 0 Å². The third-order valence-electron chi connectivity index (χ3n) is 3.63. The molecule has 0 saturated carbocycles. The van der Waals surface area contributed by atoms with Crippen molar-refractivity contribution in [3.05, 3.63) is 99.2 Å². The summed E-state index contributed by atoms with van der Waals surface area (Å²) in [6, 6.07) is 15.6. The fraction of sp³-hybridized carbons (Fsp3) is 0.0526. The molecular formula is C19H14ClFN2O2. The van der Waals surface area contributed by atoms with Crippen molar-refractivity contribution in [2.75, 3.05) is 5.32 Å². The summed E-state index contributed by atoms with van der Waals surface area (Å²) >= 11 is 5.85. The number of nitrogens with zero attached hydrogens (tertiary/aromatic N) is 1. The normalized spacial score (nSPS) is 10.5. The summed E-state index contributed by atoms with van der Waals surface area (Å²) in [6.07, 6.45) is 1.62. The van der Waals surface area contributed by atoms with Crippen LogP contribution in [0.15, 0.2) is 71.7 Å². The number of hydrogen-bond acceptors (Lipinski definition) is 2. The summed E-state index contributed by atoms with van der Waals surface area (Å²) in [6.45, 7) is 0.327. The molecule has 0 unspecified atom stereocenters. The van der Waals surface area contributed by atoms with E-state index in [1.54, 1.807) is 24.4 Å². The van der Waals surface area contributed by atoms with Crippen molar-refractivity contribution in [3.63, 3.8) is 0 Å².